The van der Waals surface area contributed by atoms with Crippen molar-refractivity contribution in [2.75, 3.05) is 16.8 Å². The Hall–Kier alpha value is -4.47. The number of nitrogens with zero attached hydrogens (tertiary/aromatic N) is 3. The van der Waals surface area contributed by atoms with Gasteiger partial charge in [0.25, 0.3) is 0 Å². The van der Waals surface area contributed by atoms with Crippen molar-refractivity contribution in [3.63, 3.8) is 0 Å². The van der Waals surface area contributed by atoms with E-state index >= 15 is 0 Å². The van der Waals surface area contributed by atoms with Gasteiger partial charge in [-0.05, 0) is 61.4 Å². The predicted octanol–water partition coefficient (Wildman–Crippen LogP) is 6.22. The summed E-state index contributed by atoms with van der Waals surface area (Å²) in [5.41, 5.74) is 0.955. The molecule has 1 saturated carbocycles. The molecule has 1 atom stereocenters. The van der Waals surface area contributed by atoms with Crippen LogP contribution in [-0.4, -0.2) is 34.0 Å². The van der Waals surface area contributed by atoms with Crippen LogP contribution >= 0.6 is 0 Å². The summed E-state index contributed by atoms with van der Waals surface area (Å²) in [4.78, 5) is 30.2. The van der Waals surface area contributed by atoms with Crippen LogP contribution in [-0.2, 0) is 11.0 Å². The van der Waals surface area contributed by atoms with Crippen molar-refractivity contribution in [3.8, 4) is 5.69 Å². The van der Waals surface area contributed by atoms with Crippen LogP contribution < -0.4 is 10.2 Å². The van der Waals surface area contributed by atoms with Gasteiger partial charge in [-0.15, -0.1) is 0 Å². The third kappa shape index (κ3) is 4.21. The minimum absolute atomic E-state index is 0.233. The number of nitrogens with one attached hydrogen (secondary N) is 1. The Labute approximate surface area is 216 Å². The number of anilines is 2. The highest BCUT2D eigenvalue weighted by Crippen LogP contribution is 2.43. The average Bonchev–Trinajstić information content (AvgIpc) is 3.36. The number of amides is 3. The summed E-state index contributed by atoms with van der Waals surface area (Å²) in [6.45, 7) is -0.309. The smallest absolute Gasteiger partial charge is 0.418 e. The monoisotopic (exact) mass is 520 g/mol. The van der Waals surface area contributed by atoms with E-state index in [9.17, 15) is 22.8 Å². The van der Waals surface area contributed by atoms with Gasteiger partial charge in [-0.2, -0.15) is 13.2 Å². The van der Waals surface area contributed by atoms with Gasteiger partial charge in [0.2, 0.25) is 5.91 Å². The minimum atomic E-state index is -4.63. The SMILES string of the molecule is O=C(Nc1ccccc1C(F)(F)F)N(CC(=O)N1c2ccccc2-n2cccc2C1c1ccco1)C1CC1. The number of halogens is 3. The molecule has 194 valence electrons. The van der Waals surface area contributed by atoms with Gasteiger partial charge < -0.3 is 19.2 Å². The molecule has 1 aliphatic carbocycles. The molecule has 10 heteroatoms. The summed E-state index contributed by atoms with van der Waals surface area (Å²) < 4.78 is 48.2. The zero-order chi connectivity index (χ0) is 26.4. The number of alkyl halides is 3. The summed E-state index contributed by atoms with van der Waals surface area (Å²) >= 11 is 0. The molecular weight excluding hydrogens is 497 g/mol. The van der Waals surface area contributed by atoms with Crippen LogP contribution in [0.4, 0.5) is 29.3 Å². The summed E-state index contributed by atoms with van der Waals surface area (Å²) in [5, 5.41) is 2.39. The Morgan fingerprint density at radius 1 is 0.947 bits per heavy atom. The van der Waals surface area contributed by atoms with Gasteiger partial charge in [0.15, 0.2) is 0 Å². The number of rotatable bonds is 5. The Morgan fingerprint density at radius 3 is 2.39 bits per heavy atom. The zero-order valence-electron chi connectivity index (χ0n) is 20.1. The van der Waals surface area contributed by atoms with Crippen molar-refractivity contribution in [2.45, 2.75) is 31.1 Å². The molecular formula is C28H23F3N4O3. The molecule has 2 aliphatic rings. The molecule has 7 nitrogen and oxygen atoms in total. The third-order valence-corrected chi connectivity index (χ3v) is 6.83. The van der Waals surface area contributed by atoms with E-state index in [4.69, 9.17) is 4.42 Å². The molecule has 0 spiro atoms. The van der Waals surface area contributed by atoms with E-state index in [0.29, 0.717) is 24.3 Å². The van der Waals surface area contributed by atoms with E-state index in [0.717, 1.165) is 17.4 Å². The summed E-state index contributed by atoms with van der Waals surface area (Å²) in [7, 11) is 0. The number of para-hydroxylation sites is 3. The van der Waals surface area contributed by atoms with Crippen LogP contribution in [0.2, 0.25) is 0 Å². The molecule has 1 N–H and O–H groups in total. The molecule has 2 aromatic heterocycles. The lowest BCUT2D eigenvalue weighted by atomic mass is 10.0. The van der Waals surface area contributed by atoms with E-state index in [2.05, 4.69) is 5.32 Å². The van der Waals surface area contributed by atoms with Crippen molar-refractivity contribution in [1.82, 2.24) is 9.47 Å². The first-order chi connectivity index (χ1) is 18.3. The average molecular weight is 521 g/mol. The van der Waals surface area contributed by atoms with Gasteiger partial charge in [0.05, 0.1) is 34.6 Å². The highest BCUT2D eigenvalue weighted by atomic mass is 19.4. The number of aromatic nitrogens is 1. The topological polar surface area (TPSA) is 70.7 Å². The maximum atomic E-state index is 14.0. The molecule has 6 rings (SSSR count). The lowest BCUT2D eigenvalue weighted by molar-refractivity contribution is -0.137. The van der Waals surface area contributed by atoms with E-state index in [1.165, 1.54) is 29.4 Å². The summed E-state index contributed by atoms with van der Waals surface area (Å²) in [6.07, 6.45) is 0.153. The second-order valence-electron chi connectivity index (χ2n) is 9.31. The second-order valence-corrected chi connectivity index (χ2v) is 9.31. The van der Waals surface area contributed by atoms with E-state index in [-0.39, 0.29) is 24.2 Å². The molecule has 3 amide bonds. The van der Waals surface area contributed by atoms with Crippen molar-refractivity contribution >= 4 is 23.3 Å². The van der Waals surface area contributed by atoms with Gasteiger partial charge in [0.1, 0.15) is 18.3 Å². The number of carbonyl (C=O) groups is 2. The molecule has 4 aromatic rings. The normalized spacial score (nSPS) is 16.5. The number of hydrogen-bond donors (Lipinski definition) is 1. The highest BCUT2D eigenvalue weighted by molar-refractivity contribution is 6.01. The molecule has 3 heterocycles. The van der Waals surface area contributed by atoms with Crippen LogP contribution in [0.5, 0.6) is 0 Å². The van der Waals surface area contributed by atoms with Gasteiger partial charge in [-0.25, -0.2) is 4.79 Å². The Morgan fingerprint density at radius 2 is 1.68 bits per heavy atom. The van der Waals surface area contributed by atoms with Crippen LogP contribution in [0.3, 0.4) is 0 Å². The zero-order valence-corrected chi connectivity index (χ0v) is 20.1. The van der Waals surface area contributed by atoms with E-state index in [1.807, 2.05) is 47.2 Å². The number of hydrogen-bond acceptors (Lipinski definition) is 3. The standard InChI is InChI=1S/C28H23F3N4O3/c29-28(30,31)19-7-1-2-8-20(19)32-27(37)34(18-13-14-18)17-25(36)35-22-10-4-3-9-21(22)33-15-5-11-23(33)26(35)24-12-6-16-38-24/h1-12,15-16,18,26H,13-14,17H2,(H,32,37). The fourth-order valence-corrected chi connectivity index (χ4v) is 4.98. The molecule has 0 saturated heterocycles. The summed E-state index contributed by atoms with van der Waals surface area (Å²) in [5.74, 6) is 0.173. The molecule has 1 aliphatic heterocycles. The first-order valence-electron chi connectivity index (χ1n) is 12.2. The Bertz CT molecular complexity index is 1490. The first-order valence-corrected chi connectivity index (χ1v) is 12.2. The number of carbonyl (C=O) groups excluding carboxylic acids is 2. The van der Waals surface area contributed by atoms with E-state index in [1.54, 1.807) is 17.0 Å². The van der Waals surface area contributed by atoms with Gasteiger partial charge in [-0.1, -0.05) is 24.3 Å². The number of benzene rings is 2. The maximum absolute atomic E-state index is 14.0. The molecule has 0 radical (unpaired) electrons. The molecule has 1 fully saturated rings. The maximum Gasteiger partial charge on any atom is 0.418 e. The van der Waals surface area contributed by atoms with Crippen LogP contribution in [0, 0.1) is 0 Å². The predicted molar refractivity (Wildman–Crippen MR) is 134 cm³/mol. The van der Waals surface area contributed by atoms with Crippen LogP contribution in [0.15, 0.2) is 89.7 Å². The lowest BCUT2D eigenvalue weighted by Crippen LogP contribution is -2.48. The quantitative estimate of drug-likeness (QED) is 0.340. The van der Waals surface area contributed by atoms with E-state index < -0.39 is 23.8 Å². The van der Waals surface area contributed by atoms with Crippen molar-refractivity contribution in [2.24, 2.45) is 0 Å². The van der Waals surface area contributed by atoms with Crippen molar-refractivity contribution in [3.05, 3.63) is 102 Å². The molecule has 0 bridgehead atoms. The Kier molecular flexibility index (Phi) is 5.74. The van der Waals surface area contributed by atoms with Gasteiger partial charge in [-0.3, -0.25) is 9.69 Å². The number of furan rings is 1. The van der Waals surface area contributed by atoms with Gasteiger partial charge >= 0.3 is 12.2 Å². The number of urea groups is 1. The molecule has 2 aromatic carbocycles. The van der Waals surface area contributed by atoms with Gasteiger partial charge in [0, 0.05) is 12.2 Å². The summed E-state index contributed by atoms with van der Waals surface area (Å²) in [6, 6.07) is 18.0. The number of fused-ring (bicyclic) bond motifs is 3. The first kappa shape index (κ1) is 23.9. The molecule has 1 unspecified atom stereocenters. The second kappa shape index (κ2) is 9.13. The third-order valence-electron chi connectivity index (χ3n) is 6.83. The minimum Gasteiger partial charge on any atom is -0.467 e. The lowest BCUT2D eigenvalue weighted by Gasteiger charge is -2.38. The van der Waals surface area contributed by atoms with Crippen molar-refractivity contribution in [1.29, 1.82) is 0 Å². The van der Waals surface area contributed by atoms with Crippen LogP contribution in [0.1, 0.15) is 35.9 Å². The largest absolute Gasteiger partial charge is 0.467 e. The fraction of sp³-hybridized carbons (Fsp3) is 0.214. The van der Waals surface area contributed by atoms with Crippen LogP contribution in [0.25, 0.3) is 5.69 Å². The fourth-order valence-electron chi connectivity index (χ4n) is 4.98. The highest BCUT2D eigenvalue weighted by Gasteiger charge is 2.41. The molecule has 38 heavy (non-hydrogen) atoms. The Balaban J connectivity index is 1.33. The van der Waals surface area contributed by atoms with Crippen molar-refractivity contribution < 1.29 is 27.2 Å².